The molecule has 2 aliphatic heterocycles. The van der Waals surface area contributed by atoms with E-state index >= 15 is 0 Å². The summed E-state index contributed by atoms with van der Waals surface area (Å²) in [5.41, 5.74) is 4.38. The van der Waals surface area contributed by atoms with E-state index < -0.39 is 5.97 Å². The highest BCUT2D eigenvalue weighted by molar-refractivity contribution is 5.87. The fourth-order valence-corrected chi connectivity index (χ4v) is 4.48. The Morgan fingerprint density at radius 1 is 1.21 bits per heavy atom. The molecule has 2 fully saturated rings. The predicted molar refractivity (Wildman–Crippen MR) is 112 cm³/mol. The number of ketones is 1. The lowest BCUT2D eigenvalue weighted by Gasteiger charge is -2.25. The van der Waals surface area contributed by atoms with Crippen LogP contribution in [0.1, 0.15) is 67.8 Å². The van der Waals surface area contributed by atoms with Gasteiger partial charge >= 0.3 is 5.97 Å². The topological polar surface area (TPSA) is 88.0 Å². The van der Waals surface area contributed by atoms with Crippen molar-refractivity contribution in [3.05, 3.63) is 35.4 Å². The Bertz CT molecular complexity index is 716. The van der Waals surface area contributed by atoms with Gasteiger partial charge in [-0.2, -0.15) is 5.10 Å². The molecule has 0 saturated carbocycles. The minimum Gasteiger partial charge on any atom is -0.478 e. The Kier molecular flexibility index (Phi) is 7.81. The van der Waals surface area contributed by atoms with E-state index in [1.807, 2.05) is 18.3 Å². The highest BCUT2D eigenvalue weighted by Crippen LogP contribution is 2.44. The maximum absolute atomic E-state index is 11.8. The lowest BCUT2D eigenvalue weighted by atomic mass is 9.77. The van der Waals surface area contributed by atoms with Crippen molar-refractivity contribution in [2.45, 2.75) is 70.5 Å². The van der Waals surface area contributed by atoms with Gasteiger partial charge in [0.25, 0.3) is 0 Å². The summed E-state index contributed by atoms with van der Waals surface area (Å²) in [4.78, 5) is 22.8. The van der Waals surface area contributed by atoms with Crippen molar-refractivity contribution in [2.24, 2.45) is 16.9 Å². The van der Waals surface area contributed by atoms with E-state index in [-0.39, 0.29) is 23.9 Å². The Balaban J connectivity index is 1.48. The number of nitrogens with zero attached hydrogens (tertiary/aromatic N) is 1. The van der Waals surface area contributed by atoms with Gasteiger partial charge in [-0.25, -0.2) is 4.79 Å². The van der Waals surface area contributed by atoms with Gasteiger partial charge in [0.15, 0.2) is 5.78 Å². The maximum Gasteiger partial charge on any atom is 0.335 e. The summed E-state index contributed by atoms with van der Waals surface area (Å²) in [5.74, 6) is 0.000246. The number of hydrazone groups is 1. The fraction of sp³-hybridized carbons (Fsp3) is 0.609. The van der Waals surface area contributed by atoms with Crippen LogP contribution in [0, 0.1) is 11.8 Å². The molecule has 6 heteroatoms. The Morgan fingerprint density at radius 2 is 1.97 bits per heavy atom. The number of carbonyl (C=O) groups is 2. The number of fused-ring (bicyclic) bond motifs is 2. The van der Waals surface area contributed by atoms with Gasteiger partial charge in [0.1, 0.15) is 0 Å². The third-order valence-electron chi connectivity index (χ3n) is 6.13. The largest absolute Gasteiger partial charge is 0.478 e. The number of carbonyl (C=O) groups excluding carboxylic acids is 1. The second kappa shape index (κ2) is 10.5. The highest BCUT2D eigenvalue weighted by Gasteiger charge is 2.47. The number of aryl methyl sites for hydroxylation is 1. The van der Waals surface area contributed by atoms with Gasteiger partial charge in [-0.15, -0.1) is 0 Å². The molecule has 158 valence electrons. The molecule has 4 unspecified atom stereocenters. The van der Waals surface area contributed by atoms with Gasteiger partial charge in [-0.1, -0.05) is 31.9 Å². The van der Waals surface area contributed by atoms with Crippen LogP contribution in [0.15, 0.2) is 29.4 Å². The number of hydrogen-bond acceptors (Lipinski definition) is 5. The van der Waals surface area contributed by atoms with E-state index in [9.17, 15) is 9.59 Å². The maximum atomic E-state index is 11.8. The molecule has 2 N–H and O–H groups in total. The van der Waals surface area contributed by atoms with Crippen LogP contribution in [0.4, 0.5) is 0 Å². The molecular formula is C23H32N2O4. The van der Waals surface area contributed by atoms with Gasteiger partial charge < -0.3 is 15.3 Å². The first kappa shape index (κ1) is 21.5. The van der Waals surface area contributed by atoms with Crippen LogP contribution in [-0.4, -0.2) is 41.8 Å². The van der Waals surface area contributed by atoms with Crippen molar-refractivity contribution in [2.75, 3.05) is 6.54 Å². The molecular weight excluding hydrogens is 368 g/mol. The van der Waals surface area contributed by atoms with Crippen molar-refractivity contribution in [1.29, 1.82) is 0 Å². The average Bonchev–Trinajstić information content (AvgIpc) is 3.32. The summed E-state index contributed by atoms with van der Waals surface area (Å²) in [6.07, 6.45) is 10.3. The van der Waals surface area contributed by atoms with E-state index in [1.54, 1.807) is 12.1 Å². The summed E-state index contributed by atoms with van der Waals surface area (Å²) in [6, 6.07) is 7.11. The summed E-state index contributed by atoms with van der Waals surface area (Å²) >= 11 is 0. The molecule has 2 heterocycles. The number of aromatic carboxylic acids is 1. The van der Waals surface area contributed by atoms with Gasteiger partial charge in [0.2, 0.25) is 0 Å². The standard InChI is InChI=1S/C23H32N2O4/c1-2-3-4-5-18(26)14-24-25-15-20-19(21-12-13-22(20)29-21)11-8-16-6-9-17(10-7-16)23(27)28/h6-7,9-10,15,19-22,24H,2-5,8,11-14H2,1H3,(H,27,28)/b25-15+. The van der Waals surface area contributed by atoms with Crippen LogP contribution in [0.25, 0.3) is 0 Å². The smallest absolute Gasteiger partial charge is 0.335 e. The third kappa shape index (κ3) is 5.89. The van der Waals surface area contributed by atoms with Gasteiger partial charge in [-0.05, 0) is 55.7 Å². The lowest BCUT2D eigenvalue weighted by Crippen LogP contribution is -2.29. The summed E-state index contributed by atoms with van der Waals surface area (Å²) in [5, 5.41) is 13.4. The third-order valence-corrected chi connectivity index (χ3v) is 6.13. The number of nitrogens with one attached hydrogen (secondary N) is 1. The molecule has 2 saturated heterocycles. The lowest BCUT2D eigenvalue weighted by molar-refractivity contribution is -0.118. The zero-order valence-electron chi connectivity index (χ0n) is 17.2. The molecule has 1 aromatic carbocycles. The van der Waals surface area contributed by atoms with Gasteiger partial charge in [0, 0.05) is 18.6 Å². The zero-order chi connectivity index (χ0) is 20.6. The van der Waals surface area contributed by atoms with Crippen molar-refractivity contribution >= 4 is 18.0 Å². The van der Waals surface area contributed by atoms with E-state index in [2.05, 4.69) is 17.5 Å². The SMILES string of the molecule is CCCCCC(=O)CN/N=C/C1C2CCC(O2)C1CCc1ccc(C(=O)O)cc1. The highest BCUT2D eigenvalue weighted by atomic mass is 16.5. The van der Waals surface area contributed by atoms with Gasteiger partial charge in [-0.3, -0.25) is 4.79 Å². The number of unbranched alkanes of at least 4 members (excludes halogenated alkanes) is 2. The Labute approximate surface area is 172 Å². The first-order valence-corrected chi connectivity index (χ1v) is 10.8. The van der Waals surface area contributed by atoms with E-state index in [1.165, 1.54) is 0 Å². The number of carboxylic acid groups (broad SMARTS) is 1. The quantitative estimate of drug-likeness (QED) is 0.316. The van der Waals surface area contributed by atoms with Crippen molar-refractivity contribution in [3.63, 3.8) is 0 Å². The number of hydrogen-bond donors (Lipinski definition) is 2. The first-order chi connectivity index (χ1) is 14.1. The number of Topliss-reactive ketones (excluding diaryl/α,β-unsaturated/α-hetero) is 1. The Morgan fingerprint density at radius 3 is 2.69 bits per heavy atom. The summed E-state index contributed by atoms with van der Waals surface area (Å²) in [6.45, 7) is 2.42. The molecule has 0 radical (unpaired) electrons. The summed E-state index contributed by atoms with van der Waals surface area (Å²) < 4.78 is 6.12. The van der Waals surface area contributed by atoms with Crippen LogP contribution >= 0.6 is 0 Å². The molecule has 0 aromatic heterocycles. The fourth-order valence-electron chi connectivity index (χ4n) is 4.48. The molecule has 2 aliphatic rings. The molecule has 29 heavy (non-hydrogen) atoms. The minimum atomic E-state index is -0.898. The average molecular weight is 401 g/mol. The van der Waals surface area contributed by atoms with Gasteiger partial charge in [0.05, 0.1) is 24.3 Å². The van der Waals surface area contributed by atoms with E-state index in [0.717, 1.165) is 50.5 Å². The molecule has 0 amide bonds. The second-order valence-corrected chi connectivity index (χ2v) is 8.18. The summed E-state index contributed by atoms with van der Waals surface area (Å²) in [7, 11) is 0. The second-order valence-electron chi connectivity index (χ2n) is 8.18. The van der Waals surface area contributed by atoms with Crippen molar-refractivity contribution in [1.82, 2.24) is 5.43 Å². The normalized spacial score (nSPS) is 25.6. The Hall–Kier alpha value is -2.21. The van der Waals surface area contributed by atoms with Crippen molar-refractivity contribution < 1.29 is 19.4 Å². The minimum absolute atomic E-state index is 0.209. The van der Waals surface area contributed by atoms with Crippen LogP contribution in [0.5, 0.6) is 0 Å². The van der Waals surface area contributed by atoms with Crippen LogP contribution in [-0.2, 0) is 16.0 Å². The molecule has 6 nitrogen and oxygen atoms in total. The predicted octanol–water partition coefficient (Wildman–Crippen LogP) is 3.84. The van der Waals surface area contributed by atoms with Crippen LogP contribution in [0.2, 0.25) is 0 Å². The van der Waals surface area contributed by atoms with Crippen molar-refractivity contribution in [3.8, 4) is 0 Å². The molecule has 4 atom stereocenters. The molecule has 3 rings (SSSR count). The monoisotopic (exact) mass is 400 g/mol. The van der Waals surface area contributed by atoms with E-state index in [0.29, 0.717) is 24.4 Å². The molecule has 0 spiro atoms. The zero-order valence-corrected chi connectivity index (χ0v) is 17.2. The van der Waals surface area contributed by atoms with Crippen LogP contribution < -0.4 is 5.43 Å². The van der Waals surface area contributed by atoms with E-state index in [4.69, 9.17) is 9.84 Å². The first-order valence-electron chi connectivity index (χ1n) is 10.8. The number of carboxylic acids is 1. The number of rotatable bonds is 12. The molecule has 0 aliphatic carbocycles. The molecule has 1 aromatic rings. The number of benzene rings is 1. The number of ether oxygens (including phenoxy) is 1. The molecule has 2 bridgehead atoms. The van der Waals surface area contributed by atoms with Crippen LogP contribution in [0.3, 0.4) is 0 Å².